The molecule has 176 valence electrons. The zero-order valence-electron chi connectivity index (χ0n) is 20.6. The number of amides is 1. The Morgan fingerprint density at radius 2 is 1.61 bits per heavy atom. The van der Waals surface area contributed by atoms with Gasteiger partial charge in [0.05, 0.1) is 6.04 Å². The van der Waals surface area contributed by atoms with E-state index in [1.165, 1.54) is 0 Å². The molecule has 0 heterocycles. The Morgan fingerprint density at radius 3 is 2.30 bits per heavy atom. The molecule has 0 aromatic heterocycles. The van der Waals surface area contributed by atoms with Crippen LogP contribution in [0.1, 0.15) is 50.3 Å². The van der Waals surface area contributed by atoms with E-state index in [0.717, 1.165) is 41.2 Å². The summed E-state index contributed by atoms with van der Waals surface area (Å²) in [5, 5.41) is 2.31. The number of carbonyl (C=O) groups excluding carboxylic acids is 1. The summed E-state index contributed by atoms with van der Waals surface area (Å²) in [6.07, 6.45) is 2.16. The zero-order valence-corrected chi connectivity index (χ0v) is 21.6. The topological polar surface area (TPSA) is 38.8 Å². The minimum atomic E-state index is -1.92. The Kier molecular flexibility index (Phi) is 8.70. The molecule has 0 spiro atoms. The van der Waals surface area contributed by atoms with E-state index in [2.05, 4.69) is 63.8 Å². The van der Waals surface area contributed by atoms with Gasteiger partial charge in [0.2, 0.25) is 0 Å². The van der Waals surface area contributed by atoms with Gasteiger partial charge in [-0.25, -0.2) is 4.79 Å². The molecule has 0 N–H and O–H groups in total. The highest BCUT2D eigenvalue weighted by Crippen LogP contribution is 2.32. The lowest BCUT2D eigenvalue weighted by Crippen LogP contribution is -2.48. The molecule has 33 heavy (non-hydrogen) atoms. The van der Waals surface area contributed by atoms with Crippen LogP contribution in [-0.4, -0.2) is 25.5 Å². The van der Waals surface area contributed by atoms with Crippen molar-refractivity contribution in [1.29, 1.82) is 0 Å². The second-order valence-electron chi connectivity index (χ2n) is 9.52. The molecule has 0 saturated heterocycles. The number of hydrogen-bond acceptors (Lipinski definition) is 3. The number of rotatable bonds is 10. The molecule has 4 nitrogen and oxygen atoms in total. The zero-order chi connectivity index (χ0) is 23.8. The maximum absolute atomic E-state index is 13.6. The molecule has 3 rings (SSSR count). The van der Waals surface area contributed by atoms with Crippen molar-refractivity contribution in [2.45, 2.75) is 71.6 Å². The molecule has 0 aliphatic heterocycles. The number of carbonyl (C=O) groups is 1. The Bertz CT molecular complexity index is 1030. The van der Waals surface area contributed by atoms with Gasteiger partial charge in [-0.3, -0.25) is 4.90 Å². The molecule has 0 fully saturated rings. The van der Waals surface area contributed by atoms with E-state index >= 15 is 0 Å². The van der Waals surface area contributed by atoms with Gasteiger partial charge in [0.15, 0.2) is 8.32 Å². The highest BCUT2D eigenvalue weighted by molar-refractivity contribution is 6.69. The lowest BCUT2D eigenvalue weighted by atomic mass is 9.98. The molecule has 1 unspecified atom stereocenters. The lowest BCUT2D eigenvalue weighted by molar-refractivity contribution is -0.0167. The first-order valence-corrected chi connectivity index (χ1v) is 15.4. The number of ether oxygens (including phenoxy) is 1. The second-order valence-corrected chi connectivity index (χ2v) is 14.0. The molecule has 2 atom stereocenters. The van der Waals surface area contributed by atoms with E-state index in [1.807, 2.05) is 47.4 Å². The molecule has 3 aromatic carbocycles. The van der Waals surface area contributed by atoms with Crippen molar-refractivity contribution in [2.24, 2.45) is 0 Å². The van der Waals surface area contributed by atoms with E-state index in [0.29, 0.717) is 0 Å². The Labute approximate surface area is 199 Å². The fourth-order valence-electron chi connectivity index (χ4n) is 4.13. The van der Waals surface area contributed by atoms with E-state index in [1.54, 1.807) is 0 Å². The van der Waals surface area contributed by atoms with Crippen LogP contribution in [0, 0.1) is 0 Å². The summed E-state index contributed by atoms with van der Waals surface area (Å²) in [5.74, 6) is 0. The van der Waals surface area contributed by atoms with Crippen LogP contribution in [-0.2, 0) is 15.8 Å². The van der Waals surface area contributed by atoms with Crippen LogP contribution < -0.4 is 0 Å². The molecule has 0 aliphatic carbocycles. The third kappa shape index (κ3) is 6.92. The molecule has 0 saturated carbocycles. The Hall–Kier alpha value is -2.63. The Morgan fingerprint density at radius 1 is 0.939 bits per heavy atom. The quantitative estimate of drug-likeness (QED) is 0.226. The summed E-state index contributed by atoms with van der Waals surface area (Å²) in [6.45, 7) is 11.0. The highest BCUT2D eigenvalue weighted by atomic mass is 28.4. The monoisotopic (exact) mass is 463 g/mol. The van der Waals surface area contributed by atoms with E-state index < -0.39 is 8.32 Å². The van der Waals surface area contributed by atoms with Crippen molar-refractivity contribution < 1.29 is 14.0 Å². The van der Waals surface area contributed by atoms with Crippen molar-refractivity contribution >= 4 is 25.2 Å². The first kappa shape index (κ1) is 25.0. The van der Waals surface area contributed by atoms with Crippen molar-refractivity contribution in [3.8, 4) is 0 Å². The van der Waals surface area contributed by atoms with Crippen LogP contribution >= 0.6 is 0 Å². The van der Waals surface area contributed by atoms with Crippen molar-refractivity contribution in [3.05, 3.63) is 83.9 Å². The number of fused-ring (bicyclic) bond motifs is 1. The van der Waals surface area contributed by atoms with Gasteiger partial charge in [0.25, 0.3) is 0 Å². The first-order valence-electron chi connectivity index (χ1n) is 11.9. The van der Waals surface area contributed by atoms with Gasteiger partial charge in [-0.1, -0.05) is 86.1 Å². The summed E-state index contributed by atoms with van der Waals surface area (Å²) in [4.78, 5) is 15.4. The van der Waals surface area contributed by atoms with Gasteiger partial charge >= 0.3 is 6.09 Å². The van der Waals surface area contributed by atoms with Crippen molar-refractivity contribution in [3.63, 3.8) is 0 Å². The molecule has 1 amide bonds. The third-order valence-corrected chi connectivity index (χ3v) is 6.69. The highest BCUT2D eigenvalue weighted by Gasteiger charge is 2.34. The molecule has 0 aliphatic rings. The fourth-order valence-corrected chi connectivity index (χ4v) is 5.17. The van der Waals surface area contributed by atoms with Crippen molar-refractivity contribution in [2.75, 3.05) is 0 Å². The van der Waals surface area contributed by atoms with Gasteiger partial charge in [-0.15, -0.1) is 0 Å². The molecule has 0 bridgehead atoms. The summed E-state index contributed by atoms with van der Waals surface area (Å²) in [6, 6.07) is 24.2. The van der Waals surface area contributed by atoms with Crippen LogP contribution in [0.25, 0.3) is 10.8 Å². The van der Waals surface area contributed by atoms with E-state index in [4.69, 9.17) is 9.16 Å². The van der Waals surface area contributed by atoms with Crippen LogP contribution in [0.15, 0.2) is 72.8 Å². The van der Waals surface area contributed by atoms with E-state index in [-0.39, 0.29) is 25.0 Å². The smallest absolute Gasteiger partial charge is 0.412 e. The SMILES string of the molecule is CCCCC(O[Si](C)(C)C)N(C(=O)OCc1ccccc1)[C@@H](C)c1cccc2ccccc12. The Balaban J connectivity index is 1.97. The van der Waals surface area contributed by atoms with Gasteiger partial charge in [0, 0.05) is 0 Å². The lowest BCUT2D eigenvalue weighted by Gasteiger charge is -2.39. The van der Waals surface area contributed by atoms with Crippen LogP contribution in [0.4, 0.5) is 4.79 Å². The second kappa shape index (κ2) is 11.5. The van der Waals surface area contributed by atoms with Crippen molar-refractivity contribution in [1.82, 2.24) is 4.90 Å². The van der Waals surface area contributed by atoms with Gasteiger partial charge < -0.3 is 9.16 Å². The predicted molar refractivity (Wildman–Crippen MR) is 139 cm³/mol. The largest absolute Gasteiger partial charge is 0.444 e. The van der Waals surface area contributed by atoms with Crippen LogP contribution in [0.2, 0.25) is 19.6 Å². The fraction of sp³-hybridized carbons (Fsp3) is 0.393. The molecular formula is C28H37NO3Si. The number of unbranched alkanes of at least 4 members (excludes halogenated alkanes) is 1. The average molecular weight is 464 g/mol. The molecule has 5 heteroatoms. The maximum Gasteiger partial charge on any atom is 0.412 e. The minimum Gasteiger partial charge on any atom is -0.444 e. The third-order valence-electron chi connectivity index (χ3n) is 5.71. The van der Waals surface area contributed by atoms with Gasteiger partial charge in [-0.2, -0.15) is 0 Å². The standard InChI is InChI=1S/C28H37NO3Si/c1-6-7-20-27(32-33(3,4)5)29(28(30)31-21-23-14-9-8-10-15-23)22(2)25-19-13-17-24-16-11-12-18-26(24)25/h8-19,22,27H,6-7,20-21H2,1-5H3/t22-,27?/m0/s1. The summed E-state index contributed by atoms with van der Waals surface area (Å²) < 4.78 is 12.4. The van der Waals surface area contributed by atoms with E-state index in [9.17, 15) is 4.79 Å². The molecular weight excluding hydrogens is 426 g/mol. The summed E-state index contributed by atoms with van der Waals surface area (Å²) in [7, 11) is -1.92. The molecule has 0 radical (unpaired) electrons. The predicted octanol–water partition coefficient (Wildman–Crippen LogP) is 7.91. The normalized spacial score (nSPS) is 13.5. The van der Waals surface area contributed by atoms with Gasteiger partial charge in [-0.05, 0) is 61.3 Å². The summed E-state index contributed by atoms with van der Waals surface area (Å²) >= 11 is 0. The van der Waals surface area contributed by atoms with Gasteiger partial charge in [0.1, 0.15) is 12.8 Å². The van der Waals surface area contributed by atoms with Crippen LogP contribution in [0.5, 0.6) is 0 Å². The number of benzene rings is 3. The first-order chi connectivity index (χ1) is 15.8. The number of hydrogen-bond donors (Lipinski definition) is 0. The average Bonchev–Trinajstić information content (AvgIpc) is 2.80. The molecule has 3 aromatic rings. The minimum absolute atomic E-state index is 0.197. The summed E-state index contributed by atoms with van der Waals surface area (Å²) in [5.41, 5.74) is 2.07. The number of nitrogens with zero attached hydrogens (tertiary/aromatic N) is 1. The van der Waals surface area contributed by atoms with Crippen LogP contribution in [0.3, 0.4) is 0 Å². The maximum atomic E-state index is 13.6.